The number of sulfone groups is 1. The number of hydrogen-bond acceptors (Lipinski definition) is 4. The Morgan fingerprint density at radius 2 is 1.86 bits per heavy atom. The Morgan fingerprint density at radius 3 is 2.38 bits per heavy atom. The number of methoxy groups -OCH3 is 1. The maximum absolute atomic E-state index is 12.5. The average molecular weight is 313 g/mol. The van der Waals surface area contributed by atoms with Crippen LogP contribution in [0.2, 0.25) is 0 Å². The minimum Gasteiger partial charge on any atom is -0.385 e. The van der Waals surface area contributed by atoms with Gasteiger partial charge in [-0.15, -0.1) is 0 Å². The second kappa shape index (κ2) is 8.51. The van der Waals surface area contributed by atoms with Crippen molar-refractivity contribution in [2.75, 3.05) is 26.0 Å². The first kappa shape index (κ1) is 18.1. The van der Waals surface area contributed by atoms with Crippen molar-refractivity contribution in [1.29, 1.82) is 0 Å². The third kappa shape index (κ3) is 5.41. The minimum atomic E-state index is -3.15. The van der Waals surface area contributed by atoms with E-state index in [-0.39, 0.29) is 11.8 Å². The van der Waals surface area contributed by atoms with E-state index in [1.165, 1.54) is 5.56 Å². The maximum atomic E-state index is 12.5. The largest absolute Gasteiger partial charge is 0.385 e. The van der Waals surface area contributed by atoms with E-state index in [0.29, 0.717) is 13.0 Å². The molecule has 0 spiro atoms. The molecule has 2 unspecified atom stereocenters. The standard InChI is InChI=1S/C16H27NO3S/c1-5-17-16(15-9-7-13(2)8-10-15)14(3)21(18,19)12-6-11-20-4/h7-10,14,16-17H,5-6,11-12H2,1-4H3. The van der Waals surface area contributed by atoms with Crippen LogP contribution in [0.4, 0.5) is 0 Å². The molecule has 0 bridgehead atoms. The highest BCUT2D eigenvalue weighted by Crippen LogP contribution is 2.23. The number of hydrogen-bond donors (Lipinski definition) is 1. The van der Waals surface area contributed by atoms with Gasteiger partial charge in [0.05, 0.1) is 11.0 Å². The molecule has 1 aromatic carbocycles. The molecule has 0 aromatic heterocycles. The van der Waals surface area contributed by atoms with Crippen LogP contribution >= 0.6 is 0 Å². The Balaban J connectivity index is 2.91. The Hall–Kier alpha value is -0.910. The van der Waals surface area contributed by atoms with Crippen LogP contribution < -0.4 is 5.32 Å². The summed E-state index contributed by atoms with van der Waals surface area (Å²) in [4.78, 5) is 0. The predicted octanol–water partition coefficient (Wildman–Crippen LogP) is 2.49. The molecule has 0 amide bonds. The van der Waals surface area contributed by atoms with E-state index < -0.39 is 15.1 Å². The maximum Gasteiger partial charge on any atom is 0.154 e. The zero-order valence-corrected chi connectivity index (χ0v) is 14.2. The molecule has 120 valence electrons. The molecule has 4 nitrogen and oxygen atoms in total. The fourth-order valence-electron chi connectivity index (χ4n) is 2.35. The van der Waals surface area contributed by atoms with Crippen molar-refractivity contribution in [2.24, 2.45) is 0 Å². The molecule has 0 fully saturated rings. The lowest BCUT2D eigenvalue weighted by Crippen LogP contribution is -2.36. The normalized spacial score (nSPS) is 14.9. The predicted molar refractivity (Wildman–Crippen MR) is 87.3 cm³/mol. The SMILES string of the molecule is CCNC(c1ccc(C)cc1)C(C)S(=O)(=O)CCCOC. The lowest BCUT2D eigenvalue weighted by molar-refractivity contribution is 0.199. The smallest absolute Gasteiger partial charge is 0.154 e. The third-order valence-electron chi connectivity index (χ3n) is 3.67. The van der Waals surface area contributed by atoms with Gasteiger partial charge in [0.1, 0.15) is 0 Å². The van der Waals surface area contributed by atoms with E-state index in [2.05, 4.69) is 5.32 Å². The second-order valence-electron chi connectivity index (χ2n) is 5.36. The molecular formula is C16H27NO3S. The molecule has 0 radical (unpaired) electrons. The van der Waals surface area contributed by atoms with Gasteiger partial charge in [-0.25, -0.2) is 8.42 Å². The van der Waals surface area contributed by atoms with Gasteiger partial charge >= 0.3 is 0 Å². The molecule has 1 rings (SSSR count). The first-order chi connectivity index (χ1) is 9.92. The third-order valence-corrected chi connectivity index (χ3v) is 5.94. The van der Waals surface area contributed by atoms with Crippen LogP contribution in [0.1, 0.15) is 37.4 Å². The van der Waals surface area contributed by atoms with E-state index in [4.69, 9.17) is 4.74 Å². The molecule has 1 aromatic rings. The molecule has 21 heavy (non-hydrogen) atoms. The van der Waals surface area contributed by atoms with E-state index in [1.807, 2.05) is 38.1 Å². The summed E-state index contributed by atoms with van der Waals surface area (Å²) in [6, 6.07) is 7.87. The van der Waals surface area contributed by atoms with Crippen LogP contribution in [-0.4, -0.2) is 39.7 Å². The molecule has 5 heteroatoms. The Labute approximate surface area is 128 Å². The number of rotatable bonds is 9. The first-order valence-corrected chi connectivity index (χ1v) is 9.14. The van der Waals surface area contributed by atoms with Gasteiger partial charge in [0, 0.05) is 19.8 Å². The van der Waals surface area contributed by atoms with Gasteiger partial charge in [-0.2, -0.15) is 0 Å². The Morgan fingerprint density at radius 1 is 1.24 bits per heavy atom. The van der Waals surface area contributed by atoms with E-state index in [9.17, 15) is 8.42 Å². The van der Waals surface area contributed by atoms with E-state index in [1.54, 1.807) is 14.0 Å². The van der Waals surface area contributed by atoms with Gasteiger partial charge in [0.15, 0.2) is 9.84 Å². The number of ether oxygens (including phenoxy) is 1. The van der Waals surface area contributed by atoms with Crippen LogP contribution in [0.3, 0.4) is 0 Å². The van der Waals surface area contributed by atoms with Crippen LogP contribution in [-0.2, 0) is 14.6 Å². The number of benzene rings is 1. The van der Waals surface area contributed by atoms with Crippen molar-refractivity contribution in [1.82, 2.24) is 5.32 Å². The fourth-order valence-corrected chi connectivity index (χ4v) is 3.91. The summed E-state index contributed by atoms with van der Waals surface area (Å²) in [6.07, 6.45) is 0.538. The van der Waals surface area contributed by atoms with Gasteiger partial charge in [-0.1, -0.05) is 36.8 Å². The molecular weight excluding hydrogens is 286 g/mol. The molecule has 2 atom stereocenters. The van der Waals surface area contributed by atoms with Crippen molar-refractivity contribution in [3.05, 3.63) is 35.4 Å². The Kier molecular flexibility index (Phi) is 7.35. The van der Waals surface area contributed by atoms with Crippen LogP contribution in [0.5, 0.6) is 0 Å². The summed E-state index contributed by atoms with van der Waals surface area (Å²) in [6.45, 7) is 7.01. The molecule has 0 aliphatic heterocycles. The van der Waals surface area contributed by atoms with E-state index >= 15 is 0 Å². The lowest BCUT2D eigenvalue weighted by Gasteiger charge is -2.25. The van der Waals surface area contributed by atoms with Gasteiger partial charge in [0.25, 0.3) is 0 Å². The van der Waals surface area contributed by atoms with Gasteiger partial charge < -0.3 is 10.1 Å². The highest BCUT2D eigenvalue weighted by atomic mass is 32.2. The number of aryl methyl sites for hydroxylation is 1. The highest BCUT2D eigenvalue weighted by molar-refractivity contribution is 7.92. The summed E-state index contributed by atoms with van der Waals surface area (Å²) >= 11 is 0. The molecule has 0 aliphatic carbocycles. The first-order valence-electron chi connectivity index (χ1n) is 7.42. The monoisotopic (exact) mass is 313 g/mol. The lowest BCUT2D eigenvalue weighted by atomic mass is 10.0. The quantitative estimate of drug-likeness (QED) is 0.712. The summed E-state index contributed by atoms with van der Waals surface area (Å²) < 4.78 is 29.9. The summed E-state index contributed by atoms with van der Waals surface area (Å²) in [7, 11) is -1.57. The fraction of sp³-hybridized carbons (Fsp3) is 0.625. The van der Waals surface area contributed by atoms with Crippen molar-refractivity contribution in [3.8, 4) is 0 Å². The van der Waals surface area contributed by atoms with Gasteiger partial charge in [0.2, 0.25) is 0 Å². The second-order valence-corrected chi connectivity index (χ2v) is 7.84. The average Bonchev–Trinajstić information content (AvgIpc) is 2.45. The molecule has 0 aliphatic rings. The van der Waals surface area contributed by atoms with Crippen molar-refractivity contribution >= 4 is 9.84 Å². The molecule has 0 saturated carbocycles. The molecule has 1 N–H and O–H groups in total. The van der Waals surface area contributed by atoms with Crippen LogP contribution in [0, 0.1) is 6.92 Å². The molecule has 0 heterocycles. The topological polar surface area (TPSA) is 55.4 Å². The summed E-state index contributed by atoms with van der Waals surface area (Å²) in [5.74, 6) is 0.162. The van der Waals surface area contributed by atoms with Gasteiger partial charge in [-0.05, 0) is 32.4 Å². The highest BCUT2D eigenvalue weighted by Gasteiger charge is 2.29. The summed E-state index contributed by atoms with van der Waals surface area (Å²) in [5, 5.41) is 2.84. The van der Waals surface area contributed by atoms with Crippen LogP contribution in [0.25, 0.3) is 0 Å². The zero-order chi connectivity index (χ0) is 15.9. The van der Waals surface area contributed by atoms with E-state index in [0.717, 1.165) is 12.1 Å². The van der Waals surface area contributed by atoms with Crippen molar-refractivity contribution in [2.45, 2.75) is 38.5 Å². The summed E-state index contributed by atoms with van der Waals surface area (Å²) in [5.41, 5.74) is 2.19. The van der Waals surface area contributed by atoms with Crippen molar-refractivity contribution < 1.29 is 13.2 Å². The van der Waals surface area contributed by atoms with Crippen molar-refractivity contribution in [3.63, 3.8) is 0 Å². The van der Waals surface area contributed by atoms with Crippen LogP contribution in [0.15, 0.2) is 24.3 Å². The Bertz CT molecular complexity index is 511. The number of nitrogens with one attached hydrogen (secondary N) is 1. The zero-order valence-electron chi connectivity index (χ0n) is 13.4. The van der Waals surface area contributed by atoms with Gasteiger partial charge in [-0.3, -0.25) is 0 Å². The molecule has 0 saturated heterocycles. The minimum absolute atomic E-state index is 0.162.